The fourth-order valence-electron chi connectivity index (χ4n) is 2.78. The van der Waals surface area contributed by atoms with Crippen LogP contribution in [0.1, 0.15) is 105 Å². The third kappa shape index (κ3) is 22.1. The van der Waals surface area contributed by atoms with Crippen molar-refractivity contribution in [2.75, 3.05) is 24.7 Å². The zero-order chi connectivity index (χ0) is 19.0. The van der Waals surface area contributed by atoms with E-state index in [-0.39, 0.29) is 0 Å². The van der Waals surface area contributed by atoms with Crippen molar-refractivity contribution in [3.8, 4) is 0 Å². The molecule has 0 fully saturated rings. The van der Waals surface area contributed by atoms with Crippen LogP contribution in [0.2, 0.25) is 0 Å². The lowest BCUT2D eigenvalue weighted by molar-refractivity contribution is 0.109. The minimum atomic E-state index is -0.639. The summed E-state index contributed by atoms with van der Waals surface area (Å²) in [4.78, 5) is 0. The minimum Gasteiger partial charge on any atom is -0.381 e. The van der Waals surface area contributed by atoms with Gasteiger partial charge in [0.2, 0.25) is 0 Å². The van der Waals surface area contributed by atoms with Gasteiger partial charge >= 0.3 is 0 Å². The molecule has 0 aliphatic heterocycles. The molecular weight excluding hydrogens is 328 g/mol. The van der Waals surface area contributed by atoms with Gasteiger partial charge in [-0.1, -0.05) is 86.0 Å². The molecule has 2 nitrogen and oxygen atoms in total. The van der Waals surface area contributed by atoms with Gasteiger partial charge in [-0.15, -0.1) is 0 Å². The normalized spacial score (nSPS) is 13.5. The van der Waals surface area contributed by atoms with Crippen LogP contribution in [0.3, 0.4) is 0 Å². The van der Waals surface area contributed by atoms with Gasteiger partial charge in [-0.3, -0.25) is 4.21 Å². The van der Waals surface area contributed by atoms with Crippen molar-refractivity contribution in [2.24, 2.45) is 11.3 Å². The number of hydrogen-bond donors (Lipinski definition) is 0. The molecule has 0 radical (unpaired) electrons. The maximum absolute atomic E-state index is 12.0. The SMILES string of the molecule is CC(C)CCCCCCCCCCS(=O)CCCOCCC(C)(C)C. The van der Waals surface area contributed by atoms with Gasteiger partial charge in [-0.25, -0.2) is 0 Å². The maximum Gasteiger partial charge on any atom is 0.0474 e. The van der Waals surface area contributed by atoms with Crippen molar-refractivity contribution in [3.63, 3.8) is 0 Å². The average molecular weight is 375 g/mol. The van der Waals surface area contributed by atoms with E-state index in [0.29, 0.717) is 5.41 Å². The summed E-state index contributed by atoms with van der Waals surface area (Å²) in [5, 5.41) is 0. The Kier molecular flexibility index (Phi) is 16.4. The molecule has 0 spiro atoms. The second-order valence-corrected chi connectivity index (χ2v) is 10.8. The molecule has 0 bridgehead atoms. The van der Waals surface area contributed by atoms with Crippen molar-refractivity contribution < 1.29 is 8.95 Å². The van der Waals surface area contributed by atoms with Crippen LogP contribution in [0.15, 0.2) is 0 Å². The first-order valence-electron chi connectivity index (χ1n) is 10.7. The van der Waals surface area contributed by atoms with Crippen molar-refractivity contribution in [2.45, 2.75) is 105 Å². The summed E-state index contributed by atoms with van der Waals surface area (Å²) in [5.41, 5.74) is 0.344. The number of unbranched alkanes of at least 4 members (excludes halogenated alkanes) is 7. The topological polar surface area (TPSA) is 26.3 Å². The second-order valence-electron chi connectivity index (χ2n) is 9.14. The fraction of sp³-hybridized carbons (Fsp3) is 1.00. The molecule has 0 aromatic rings. The van der Waals surface area contributed by atoms with Gasteiger partial charge in [0.1, 0.15) is 0 Å². The molecule has 0 heterocycles. The van der Waals surface area contributed by atoms with Gasteiger partial charge in [0, 0.05) is 35.5 Å². The van der Waals surface area contributed by atoms with Gasteiger partial charge in [0.25, 0.3) is 0 Å². The standard InChI is InChI=1S/C22H46O2S/c1-21(2)15-12-10-8-6-7-9-11-13-19-25(23)20-14-17-24-18-16-22(3,4)5/h21H,6-20H2,1-5H3. The molecule has 0 N–H and O–H groups in total. The molecule has 3 heteroatoms. The quantitative estimate of drug-likeness (QED) is 0.263. The van der Waals surface area contributed by atoms with E-state index in [4.69, 9.17) is 4.74 Å². The third-order valence-electron chi connectivity index (χ3n) is 4.56. The minimum absolute atomic E-state index is 0.344. The molecule has 1 unspecified atom stereocenters. The summed E-state index contributed by atoms with van der Waals surface area (Å²) < 4.78 is 17.6. The first kappa shape index (κ1) is 25.1. The highest BCUT2D eigenvalue weighted by molar-refractivity contribution is 7.84. The van der Waals surface area contributed by atoms with Crippen molar-refractivity contribution in [1.29, 1.82) is 0 Å². The van der Waals surface area contributed by atoms with E-state index in [9.17, 15) is 4.21 Å². The lowest BCUT2D eigenvalue weighted by Crippen LogP contribution is -2.11. The third-order valence-corrected chi connectivity index (χ3v) is 6.05. The lowest BCUT2D eigenvalue weighted by atomic mass is 9.93. The number of hydrogen-bond acceptors (Lipinski definition) is 2. The molecule has 0 saturated carbocycles. The summed E-state index contributed by atoms with van der Waals surface area (Å²) in [6, 6.07) is 0. The van der Waals surface area contributed by atoms with E-state index in [1.54, 1.807) is 0 Å². The lowest BCUT2D eigenvalue weighted by Gasteiger charge is -2.17. The Morgan fingerprint density at radius 2 is 1.28 bits per heavy atom. The average Bonchev–Trinajstić information content (AvgIpc) is 2.51. The van der Waals surface area contributed by atoms with Gasteiger partial charge in [0.05, 0.1) is 0 Å². The van der Waals surface area contributed by atoms with Crippen LogP contribution in [-0.2, 0) is 15.5 Å². The highest BCUT2D eigenvalue weighted by Gasteiger charge is 2.09. The van der Waals surface area contributed by atoms with E-state index in [0.717, 1.165) is 49.9 Å². The Labute approximate surface area is 161 Å². The second kappa shape index (κ2) is 16.3. The fourth-order valence-corrected chi connectivity index (χ4v) is 3.95. The van der Waals surface area contributed by atoms with Gasteiger partial charge in [0.15, 0.2) is 0 Å². The van der Waals surface area contributed by atoms with Crippen LogP contribution in [0.5, 0.6) is 0 Å². The van der Waals surface area contributed by atoms with Gasteiger partial charge < -0.3 is 4.74 Å². The number of ether oxygens (including phenoxy) is 1. The summed E-state index contributed by atoms with van der Waals surface area (Å²) in [7, 11) is -0.639. The van der Waals surface area contributed by atoms with Gasteiger partial charge in [-0.2, -0.15) is 0 Å². The highest BCUT2D eigenvalue weighted by atomic mass is 32.2. The Balaban J connectivity index is 3.23. The Bertz CT molecular complexity index is 308. The van der Waals surface area contributed by atoms with Crippen LogP contribution in [-0.4, -0.2) is 28.9 Å². The molecule has 0 aliphatic carbocycles. The summed E-state index contributed by atoms with van der Waals surface area (Å²) in [6.07, 6.45) is 14.0. The van der Waals surface area contributed by atoms with E-state index in [1.807, 2.05) is 0 Å². The van der Waals surface area contributed by atoms with Crippen LogP contribution in [0, 0.1) is 11.3 Å². The Morgan fingerprint density at radius 1 is 0.760 bits per heavy atom. The zero-order valence-electron chi connectivity index (χ0n) is 17.9. The Morgan fingerprint density at radius 3 is 1.84 bits per heavy atom. The maximum atomic E-state index is 12.0. The monoisotopic (exact) mass is 374 g/mol. The van der Waals surface area contributed by atoms with Gasteiger partial charge in [-0.05, 0) is 30.6 Å². The Hall–Kier alpha value is 0.110. The molecule has 152 valence electrons. The van der Waals surface area contributed by atoms with Crippen LogP contribution < -0.4 is 0 Å². The zero-order valence-corrected chi connectivity index (χ0v) is 18.7. The van der Waals surface area contributed by atoms with Crippen LogP contribution >= 0.6 is 0 Å². The van der Waals surface area contributed by atoms with Crippen molar-refractivity contribution >= 4 is 10.8 Å². The predicted molar refractivity (Wildman–Crippen MR) is 114 cm³/mol. The molecule has 1 atom stereocenters. The molecule has 0 aromatic heterocycles. The molecule has 0 amide bonds. The van der Waals surface area contributed by atoms with E-state index < -0.39 is 10.8 Å². The van der Waals surface area contributed by atoms with E-state index >= 15 is 0 Å². The molecule has 0 rings (SSSR count). The largest absolute Gasteiger partial charge is 0.381 e. The predicted octanol–water partition coefficient (Wildman–Crippen LogP) is 6.74. The molecule has 0 aromatic carbocycles. The van der Waals surface area contributed by atoms with Crippen LogP contribution in [0.25, 0.3) is 0 Å². The molecule has 0 aliphatic rings. The van der Waals surface area contributed by atoms with Crippen LogP contribution in [0.4, 0.5) is 0 Å². The smallest absolute Gasteiger partial charge is 0.0474 e. The summed E-state index contributed by atoms with van der Waals surface area (Å²) in [6.45, 7) is 12.9. The molecule has 0 saturated heterocycles. The first-order chi connectivity index (χ1) is 11.8. The molecular formula is C22H46O2S. The van der Waals surface area contributed by atoms with Crippen molar-refractivity contribution in [1.82, 2.24) is 0 Å². The highest BCUT2D eigenvalue weighted by Crippen LogP contribution is 2.18. The summed E-state index contributed by atoms with van der Waals surface area (Å²) >= 11 is 0. The first-order valence-corrected chi connectivity index (χ1v) is 12.2. The van der Waals surface area contributed by atoms with E-state index in [1.165, 1.54) is 51.4 Å². The van der Waals surface area contributed by atoms with Crippen molar-refractivity contribution in [3.05, 3.63) is 0 Å². The summed E-state index contributed by atoms with van der Waals surface area (Å²) in [5.74, 6) is 2.55. The number of rotatable bonds is 17. The van der Waals surface area contributed by atoms with E-state index in [2.05, 4.69) is 34.6 Å². The molecule has 25 heavy (non-hydrogen) atoms.